The first kappa shape index (κ1) is 13.2. The number of hydrogen-bond donors (Lipinski definition) is 0. The van der Waals surface area contributed by atoms with Crippen LogP contribution in [0.2, 0.25) is 0 Å². The Morgan fingerprint density at radius 1 is 0.842 bits per heavy atom. The van der Waals surface area contributed by atoms with E-state index in [-0.39, 0.29) is 5.82 Å². The molecule has 0 radical (unpaired) electrons. The van der Waals surface area contributed by atoms with Crippen LogP contribution in [0.25, 0.3) is 5.57 Å². The molecule has 0 nitrogen and oxygen atoms in total. The molecule has 0 amide bonds. The van der Waals surface area contributed by atoms with Crippen molar-refractivity contribution in [1.82, 2.24) is 0 Å². The minimum atomic E-state index is -1.96. The van der Waals surface area contributed by atoms with E-state index in [0.29, 0.717) is 0 Å². The Morgan fingerprint density at radius 2 is 1.47 bits per heavy atom. The summed E-state index contributed by atoms with van der Waals surface area (Å²) in [6.45, 7) is 0. The molecule has 4 heteroatoms. The fraction of sp³-hybridized carbons (Fsp3) is 0. The minimum absolute atomic E-state index is 0.234. The normalized spacial score (nSPS) is 14.2. The van der Waals surface area contributed by atoms with Crippen molar-refractivity contribution < 1.29 is 17.9 Å². The molecule has 1 aliphatic carbocycles. The molecular formula is C15H9Cl2FRu. The molecule has 0 saturated carbocycles. The molecule has 0 spiro atoms. The van der Waals surface area contributed by atoms with Crippen molar-refractivity contribution in [2.75, 3.05) is 0 Å². The average molecular weight is 380 g/mol. The van der Waals surface area contributed by atoms with Crippen LogP contribution in [0, 0.1) is 5.82 Å². The summed E-state index contributed by atoms with van der Waals surface area (Å²) < 4.78 is 14.0. The van der Waals surface area contributed by atoms with Gasteiger partial charge in [0.05, 0.1) is 0 Å². The molecule has 3 rings (SSSR count). The Hall–Kier alpha value is -0.817. The van der Waals surface area contributed by atoms with Gasteiger partial charge in [-0.1, -0.05) is 0 Å². The Bertz CT molecular complexity index is 698. The molecule has 0 unspecified atom stereocenters. The van der Waals surface area contributed by atoms with Crippen molar-refractivity contribution in [2.24, 2.45) is 0 Å². The second-order valence-electron chi connectivity index (χ2n) is 4.13. The average Bonchev–Trinajstić information content (AvgIpc) is 2.79. The molecule has 19 heavy (non-hydrogen) atoms. The molecule has 0 heterocycles. The van der Waals surface area contributed by atoms with Crippen LogP contribution < -0.4 is 0 Å². The van der Waals surface area contributed by atoms with Crippen LogP contribution in [0.3, 0.4) is 0 Å². The second-order valence-corrected chi connectivity index (χ2v) is 9.94. The van der Waals surface area contributed by atoms with E-state index in [0.717, 1.165) is 26.4 Å². The van der Waals surface area contributed by atoms with Crippen LogP contribution in [-0.2, 0) is 13.5 Å². The topological polar surface area (TPSA) is 0 Å². The number of allylic oxidation sites excluding steroid dienone is 1. The van der Waals surface area contributed by atoms with Crippen molar-refractivity contribution in [1.29, 1.82) is 0 Å². The van der Waals surface area contributed by atoms with Crippen LogP contribution in [0.15, 0.2) is 54.6 Å². The molecule has 0 bridgehead atoms. The van der Waals surface area contributed by atoms with Gasteiger partial charge in [-0.15, -0.1) is 0 Å². The van der Waals surface area contributed by atoms with Crippen molar-refractivity contribution in [2.45, 2.75) is 0 Å². The SMILES string of the molecule is Fc1ccc(C2=C[C](=[Ru]([Cl])[Cl])c3ccccc32)cc1. The number of hydrogen-bond acceptors (Lipinski definition) is 0. The maximum atomic E-state index is 13.0. The molecule has 2 aromatic carbocycles. The van der Waals surface area contributed by atoms with Gasteiger partial charge in [0.25, 0.3) is 0 Å². The van der Waals surface area contributed by atoms with Gasteiger partial charge in [0.1, 0.15) is 0 Å². The number of halogens is 3. The van der Waals surface area contributed by atoms with Gasteiger partial charge in [-0.25, -0.2) is 0 Å². The zero-order chi connectivity index (χ0) is 13.4. The predicted octanol–water partition coefficient (Wildman–Crippen LogP) is 4.72. The van der Waals surface area contributed by atoms with Gasteiger partial charge < -0.3 is 0 Å². The second kappa shape index (κ2) is 5.28. The van der Waals surface area contributed by atoms with Gasteiger partial charge in [0, 0.05) is 0 Å². The molecule has 0 atom stereocenters. The van der Waals surface area contributed by atoms with E-state index in [4.69, 9.17) is 19.4 Å². The van der Waals surface area contributed by atoms with E-state index < -0.39 is 13.5 Å². The summed E-state index contributed by atoms with van der Waals surface area (Å²) in [6.07, 6.45) is 2.04. The zero-order valence-electron chi connectivity index (χ0n) is 9.68. The quantitative estimate of drug-likeness (QED) is 0.629. The number of rotatable bonds is 1. The van der Waals surface area contributed by atoms with Crippen LogP contribution in [0.1, 0.15) is 16.7 Å². The predicted molar refractivity (Wildman–Crippen MR) is 75.7 cm³/mol. The molecular weight excluding hydrogens is 371 g/mol. The Labute approximate surface area is 124 Å². The molecule has 2 aromatic rings. The standard InChI is InChI=1S/C15H9F.2ClH.Ru/c16-13-8-5-12(6-9-13)15-10-7-11-3-1-2-4-14(11)15;;;/h1-6,8-10H;2*1H;/q;;;+2/p-2. The molecule has 0 aromatic heterocycles. The van der Waals surface area contributed by atoms with Crippen molar-refractivity contribution in [3.8, 4) is 0 Å². The van der Waals surface area contributed by atoms with Crippen molar-refractivity contribution in [3.63, 3.8) is 0 Å². The van der Waals surface area contributed by atoms with Gasteiger partial charge in [-0.2, -0.15) is 0 Å². The van der Waals surface area contributed by atoms with E-state index >= 15 is 0 Å². The zero-order valence-corrected chi connectivity index (χ0v) is 12.9. The van der Waals surface area contributed by atoms with Crippen LogP contribution in [0.4, 0.5) is 4.39 Å². The van der Waals surface area contributed by atoms with Gasteiger partial charge in [0.2, 0.25) is 0 Å². The van der Waals surface area contributed by atoms with E-state index in [1.165, 1.54) is 12.1 Å². The summed E-state index contributed by atoms with van der Waals surface area (Å²) in [4.78, 5) is 0. The van der Waals surface area contributed by atoms with Gasteiger partial charge >= 0.3 is 124 Å². The van der Waals surface area contributed by atoms with Gasteiger partial charge in [0.15, 0.2) is 0 Å². The van der Waals surface area contributed by atoms with E-state index in [1.54, 1.807) is 12.1 Å². The maximum absolute atomic E-state index is 13.0. The Kier molecular flexibility index (Phi) is 3.67. The first-order chi connectivity index (χ1) is 9.16. The first-order valence-corrected chi connectivity index (χ1v) is 11.0. The van der Waals surface area contributed by atoms with Crippen molar-refractivity contribution >= 4 is 29.1 Å². The third kappa shape index (κ3) is 2.45. The summed E-state index contributed by atoms with van der Waals surface area (Å²) in [5, 5.41) is 0. The summed E-state index contributed by atoms with van der Waals surface area (Å²) >= 11 is -1.96. The van der Waals surface area contributed by atoms with Gasteiger partial charge in [-0.05, 0) is 0 Å². The Balaban J connectivity index is 2.20. The fourth-order valence-electron chi connectivity index (χ4n) is 2.18. The molecule has 0 saturated heterocycles. The van der Waals surface area contributed by atoms with Crippen LogP contribution >= 0.6 is 19.4 Å². The molecule has 0 fully saturated rings. The Morgan fingerprint density at radius 3 is 2.11 bits per heavy atom. The molecule has 0 aliphatic heterocycles. The van der Waals surface area contributed by atoms with E-state index in [2.05, 4.69) is 0 Å². The van der Waals surface area contributed by atoms with Crippen molar-refractivity contribution in [3.05, 3.63) is 77.1 Å². The van der Waals surface area contributed by atoms with Crippen LogP contribution in [0.5, 0.6) is 0 Å². The van der Waals surface area contributed by atoms with Gasteiger partial charge in [-0.3, -0.25) is 0 Å². The van der Waals surface area contributed by atoms with Crippen LogP contribution in [-0.4, -0.2) is 4.11 Å². The monoisotopic (exact) mass is 380 g/mol. The number of benzene rings is 2. The summed E-state index contributed by atoms with van der Waals surface area (Å²) in [5.41, 5.74) is 4.26. The summed E-state index contributed by atoms with van der Waals surface area (Å²) in [7, 11) is 12.3. The summed E-state index contributed by atoms with van der Waals surface area (Å²) in [6, 6.07) is 14.5. The molecule has 0 N–H and O–H groups in total. The number of fused-ring (bicyclic) bond motifs is 1. The third-order valence-corrected chi connectivity index (χ3v) is 6.16. The molecule has 98 valence electrons. The third-order valence-electron chi connectivity index (χ3n) is 3.03. The van der Waals surface area contributed by atoms with E-state index in [9.17, 15) is 4.39 Å². The molecule has 1 aliphatic rings. The summed E-state index contributed by atoms with van der Waals surface area (Å²) in [5.74, 6) is -0.234. The van der Waals surface area contributed by atoms with E-state index in [1.807, 2.05) is 30.3 Å². The fourth-order valence-corrected chi connectivity index (χ4v) is 4.66. The first-order valence-electron chi connectivity index (χ1n) is 5.61.